The predicted molar refractivity (Wildman–Crippen MR) is 112 cm³/mol. The number of carbonyl (C=O) groups excluding carboxylic acids is 2. The van der Waals surface area contributed by atoms with E-state index >= 15 is 0 Å². The van der Waals surface area contributed by atoms with Gasteiger partial charge in [0.05, 0.1) is 31.0 Å². The SMILES string of the molecule is Cc1ccc(N2C[C@]34C=C[C@H](O3)[C@@H](C(=O)N(C)Cc3nccn3C)[C@H]4C2=O)cc1C. The Morgan fingerprint density at radius 2 is 2.13 bits per heavy atom. The summed E-state index contributed by atoms with van der Waals surface area (Å²) in [5.41, 5.74) is 2.47. The van der Waals surface area contributed by atoms with E-state index in [4.69, 9.17) is 4.74 Å². The molecule has 3 aliphatic rings. The Kier molecular flexibility index (Phi) is 4.15. The Labute approximate surface area is 175 Å². The lowest BCUT2D eigenvalue weighted by Crippen LogP contribution is -2.44. The van der Waals surface area contributed by atoms with Gasteiger partial charge in [0.2, 0.25) is 11.8 Å². The van der Waals surface area contributed by atoms with Crippen LogP contribution in [0.15, 0.2) is 42.7 Å². The maximum absolute atomic E-state index is 13.5. The van der Waals surface area contributed by atoms with Gasteiger partial charge in [-0.25, -0.2) is 4.98 Å². The van der Waals surface area contributed by atoms with Crippen LogP contribution >= 0.6 is 0 Å². The third kappa shape index (κ3) is 2.65. The molecular formula is C23H26N4O3. The van der Waals surface area contributed by atoms with Crippen LogP contribution in [0, 0.1) is 25.7 Å². The van der Waals surface area contributed by atoms with E-state index in [1.807, 2.05) is 55.1 Å². The number of rotatable bonds is 4. The van der Waals surface area contributed by atoms with E-state index in [0.717, 1.165) is 17.1 Å². The number of amides is 2. The van der Waals surface area contributed by atoms with E-state index in [0.29, 0.717) is 13.1 Å². The van der Waals surface area contributed by atoms with Crippen LogP contribution in [0.25, 0.3) is 0 Å². The van der Waals surface area contributed by atoms with Crippen molar-refractivity contribution in [1.82, 2.24) is 14.5 Å². The van der Waals surface area contributed by atoms with Gasteiger partial charge < -0.3 is 19.1 Å². The summed E-state index contributed by atoms with van der Waals surface area (Å²) in [6.07, 6.45) is 7.16. The number of fused-ring (bicyclic) bond motifs is 1. The summed E-state index contributed by atoms with van der Waals surface area (Å²) in [6.45, 7) is 4.93. The highest BCUT2D eigenvalue weighted by Crippen LogP contribution is 2.53. The van der Waals surface area contributed by atoms with Gasteiger partial charge in [0.1, 0.15) is 11.4 Å². The van der Waals surface area contributed by atoms with Gasteiger partial charge in [-0.2, -0.15) is 0 Å². The molecule has 0 aliphatic carbocycles. The van der Waals surface area contributed by atoms with E-state index in [1.165, 1.54) is 5.56 Å². The van der Waals surface area contributed by atoms with Crippen molar-refractivity contribution in [3.63, 3.8) is 0 Å². The molecule has 2 fully saturated rings. The minimum Gasteiger partial charge on any atom is -0.360 e. The summed E-state index contributed by atoms with van der Waals surface area (Å²) in [5, 5.41) is 0. The van der Waals surface area contributed by atoms with Crippen molar-refractivity contribution >= 4 is 17.5 Å². The molecule has 7 heteroatoms. The Morgan fingerprint density at radius 3 is 2.83 bits per heavy atom. The Balaban J connectivity index is 1.43. The fourth-order valence-electron chi connectivity index (χ4n) is 4.99. The van der Waals surface area contributed by atoms with Crippen LogP contribution in [-0.4, -0.2) is 51.6 Å². The number of aromatic nitrogens is 2. The van der Waals surface area contributed by atoms with E-state index in [1.54, 1.807) is 23.0 Å². The van der Waals surface area contributed by atoms with Crippen molar-refractivity contribution in [3.05, 3.63) is 59.7 Å². The number of carbonyl (C=O) groups is 2. The van der Waals surface area contributed by atoms with Gasteiger partial charge >= 0.3 is 0 Å². The van der Waals surface area contributed by atoms with E-state index in [9.17, 15) is 9.59 Å². The number of benzene rings is 1. The fraction of sp³-hybridized carbons (Fsp3) is 0.435. The first kappa shape index (κ1) is 19.1. The first-order valence-corrected chi connectivity index (χ1v) is 10.3. The summed E-state index contributed by atoms with van der Waals surface area (Å²) >= 11 is 0. The molecule has 4 heterocycles. The Bertz CT molecular complexity index is 1070. The molecule has 1 aromatic heterocycles. The van der Waals surface area contributed by atoms with Gasteiger partial charge in [-0.3, -0.25) is 9.59 Å². The second-order valence-corrected chi connectivity index (χ2v) is 8.74. The molecule has 2 aromatic rings. The van der Waals surface area contributed by atoms with Gasteiger partial charge in [0.15, 0.2) is 0 Å². The van der Waals surface area contributed by atoms with Gasteiger partial charge in [-0.05, 0) is 37.1 Å². The van der Waals surface area contributed by atoms with Crippen LogP contribution in [0.2, 0.25) is 0 Å². The Morgan fingerprint density at radius 1 is 1.33 bits per heavy atom. The van der Waals surface area contributed by atoms with E-state index in [2.05, 4.69) is 11.9 Å². The number of hydrogen-bond donors (Lipinski definition) is 0. The highest BCUT2D eigenvalue weighted by atomic mass is 16.5. The summed E-state index contributed by atoms with van der Waals surface area (Å²) in [5.74, 6) is -0.312. The van der Waals surface area contributed by atoms with Crippen LogP contribution in [-0.2, 0) is 27.9 Å². The molecule has 5 rings (SSSR count). The van der Waals surface area contributed by atoms with Crippen molar-refractivity contribution in [1.29, 1.82) is 0 Å². The fourth-order valence-corrected chi connectivity index (χ4v) is 4.99. The molecule has 2 amide bonds. The molecular weight excluding hydrogens is 380 g/mol. The summed E-state index contributed by atoms with van der Waals surface area (Å²) in [6, 6.07) is 6.03. The molecule has 7 nitrogen and oxygen atoms in total. The standard InChI is InChI=1S/C23H26N4O3/c1-14-5-6-16(11-15(14)2)27-13-23-8-7-17(30-23)19(20(23)22(27)29)21(28)26(4)12-18-24-9-10-25(18)3/h5-11,17,19-20H,12-13H2,1-4H3/t17-,19+,20-,23-/m0/s1. The Hall–Kier alpha value is -2.93. The lowest BCUT2D eigenvalue weighted by atomic mass is 9.76. The maximum Gasteiger partial charge on any atom is 0.234 e. The molecule has 0 N–H and O–H groups in total. The number of hydrogen-bond acceptors (Lipinski definition) is 4. The van der Waals surface area contributed by atoms with Crippen LogP contribution in [0.5, 0.6) is 0 Å². The minimum atomic E-state index is -0.717. The molecule has 3 aliphatic heterocycles. The normalized spacial score (nSPS) is 29.0. The molecule has 2 bridgehead atoms. The van der Waals surface area contributed by atoms with Crippen LogP contribution in [0.1, 0.15) is 17.0 Å². The topological polar surface area (TPSA) is 67.7 Å². The van der Waals surface area contributed by atoms with Crippen molar-refractivity contribution in [2.45, 2.75) is 32.1 Å². The van der Waals surface area contributed by atoms with Crippen molar-refractivity contribution in [2.75, 3.05) is 18.5 Å². The van der Waals surface area contributed by atoms with Gasteiger partial charge in [-0.1, -0.05) is 18.2 Å². The lowest BCUT2D eigenvalue weighted by molar-refractivity contribution is -0.139. The number of anilines is 1. The molecule has 156 valence electrons. The monoisotopic (exact) mass is 406 g/mol. The number of aryl methyl sites for hydroxylation is 3. The quantitative estimate of drug-likeness (QED) is 0.729. The van der Waals surface area contributed by atoms with E-state index < -0.39 is 17.4 Å². The van der Waals surface area contributed by atoms with Crippen LogP contribution < -0.4 is 4.90 Å². The second kappa shape index (κ2) is 6.54. The third-order valence-electron chi connectivity index (χ3n) is 6.86. The first-order valence-electron chi connectivity index (χ1n) is 10.3. The first-order chi connectivity index (χ1) is 14.3. The number of nitrogens with zero attached hydrogens (tertiary/aromatic N) is 4. The van der Waals surface area contributed by atoms with E-state index in [-0.39, 0.29) is 17.9 Å². The van der Waals surface area contributed by atoms with Crippen molar-refractivity contribution in [3.8, 4) is 0 Å². The smallest absolute Gasteiger partial charge is 0.234 e. The highest BCUT2D eigenvalue weighted by Gasteiger charge is 2.67. The van der Waals surface area contributed by atoms with Crippen molar-refractivity contribution in [2.24, 2.45) is 18.9 Å². The summed E-state index contributed by atoms with van der Waals surface area (Å²) in [4.78, 5) is 34.7. The number of ether oxygens (including phenoxy) is 1. The zero-order chi connectivity index (χ0) is 21.2. The van der Waals surface area contributed by atoms with Gasteiger partial charge in [-0.15, -0.1) is 0 Å². The second-order valence-electron chi connectivity index (χ2n) is 8.74. The predicted octanol–water partition coefficient (Wildman–Crippen LogP) is 1.98. The summed E-state index contributed by atoms with van der Waals surface area (Å²) < 4.78 is 8.15. The minimum absolute atomic E-state index is 0.0335. The van der Waals surface area contributed by atoms with Crippen LogP contribution in [0.4, 0.5) is 5.69 Å². The largest absolute Gasteiger partial charge is 0.360 e. The summed E-state index contributed by atoms with van der Waals surface area (Å²) in [7, 11) is 3.67. The van der Waals surface area contributed by atoms with Gasteiger partial charge in [0, 0.05) is 32.2 Å². The average molecular weight is 406 g/mol. The zero-order valence-corrected chi connectivity index (χ0v) is 17.7. The lowest BCUT2D eigenvalue weighted by Gasteiger charge is -2.27. The average Bonchev–Trinajstić information content (AvgIpc) is 3.46. The highest BCUT2D eigenvalue weighted by molar-refractivity contribution is 6.03. The third-order valence-corrected chi connectivity index (χ3v) is 6.86. The maximum atomic E-state index is 13.5. The van der Waals surface area contributed by atoms with Gasteiger partial charge in [0.25, 0.3) is 0 Å². The molecule has 4 atom stereocenters. The molecule has 30 heavy (non-hydrogen) atoms. The molecule has 0 radical (unpaired) electrons. The zero-order valence-electron chi connectivity index (χ0n) is 17.7. The molecule has 1 aromatic carbocycles. The number of imidazole rings is 1. The molecule has 0 saturated carbocycles. The van der Waals surface area contributed by atoms with Crippen molar-refractivity contribution < 1.29 is 14.3 Å². The molecule has 0 unspecified atom stereocenters. The molecule has 1 spiro atoms. The molecule has 2 saturated heterocycles. The van der Waals surface area contributed by atoms with Crippen LogP contribution in [0.3, 0.4) is 0 Å².